The molecule has 84 valence electrons. The SMILES string of the molecule is CCNCC1OCCc2sc(CC)cc21. The first kappa shape index (κ1) is 11.1. The molecule has 1 aliphatic rings. The van der Waals surface area contributed by atoms with Crippen molar-refractivity contribution in [3.63, 3.8) is 0 Å². The van der Waals surface area contributed by atoms with Crippen molar-refractivity contribution in [1.82, 2.24) is 5.32 Å². The summed E-state index contributed by atoms with van der Waals surface area (Å²) in [5, 5.41) is 3.37. The lowest BCUT2D eigenvalue weighted by Gasteiger charge is -2.23. The van der Waals surface area contributed by atoms with Crippen molar-refractivity contribution in [2.45, 2.75) is 32.8 Å². The Morgan fingerprint density at radius 1 is 1.53 bits per heavy atom. The summed E-state index contributed by atoms with van der Waals surface area (Å²) in [7, 11) is 0. The monoisotopic (exact) mass is 225 g/mol. The van der Waals surface area contributed by atoms with Crippen molar-refractivity contribution in [3.8, 4) is 0 Å². The van der Waals surface area contributed by atoms with E-state index in [-0.39, 0.29) is 6.10 Å². The van der Waals surface area contributed by atoms with Gasteiger partial charge in [-0.2, -0.15) is 0 Å². The largest absolute Gasteiger partial charge is 0.372 e. The summed E-state index contributed by atoms with van der Waals surface area (Å²) >= 11 is 1.96. The van der Waals surface area contributed by atoms with Crippen LogP contribution in [-0.2, 0) is 17.6 Å². The summed E-state index contributed by atoms with van der Waals surface area (Å²) in [6.07, 6.45) is 2.53. The Labute approximate surface area is 95.6 Å². The molecule has 1 N–H and O–H groups in total. The molecule has 0 aliphatic carbocycles. The molecule has 1 aromatic rings. The summed E-state index contributed by atoms with van der Waals surface area (Å²) in [5.74, 6) is 0. The molecule has 0 amide bonds. The van der Waals surface area contributed by atoms with Crippen LogP contribution in [-0.4, -0.2) is 19.7 Å². The molecule has 0 spiro atoms. The molecular weight excluding hydrogens is 206 g/mol. The summed E-state index contributed by atoms with van der Waals surface area (Å²) in [6, 6.07) is 2.33. The highest BCUT2D eigenvalue weighted by Crippen LogP contribution is 2.33. The smallest absolute Gasteiger partial charge is 0.0960 e. The first-order valence-corrected chi connectivity index (χ1v) is 6.60. The van der Waals surface area contributed by atoms with Gasteiger partial charge in [-0.25, -0.2) is 0 Å². The number of hydrogen-bond donors (Lipinski definition) is 1. The van der Waals surface area contributed by atoms with Crippen molar-refractivity contribution in [3.05, 3.63) is 21.4 Å². The van der Waals surface area contributed by atoms with Crippen molar-refractivity contribution in [2.24, 2.45) is 0 Å². The van der Waals surface area contributed by atoms with Crippen LogP contribution in [0.2, 0.25) is 0 Å². The average molecular weight is 225 g/mol. The molecule has 2 heterocycles. The predicted octanol–water partition coefficient (Wildman–Crippen LogP) is 2.53. The number of fused-ring (bicyclic) bond motifs is 1. The minimum atomic E-state index is 0.283. The molecule has 2 rings (SSSR count). The molecule has 3 heteroatoms. The zero-order valence-electron chi connectivity index (χ0n) is 9.51. The van der Waals surface area contributed by atoms with E-state index < -0.39 is 0 Å². The Hall–Kier alpha value is -0.380. The molecule has 0 aromatic carbocycles. The van der Waals surface area contributed by atoms with Crippen LogP contribution in [0.25, 0.3) is 0 Å². The highest BCUT2D eigenvalue weighted by molar-refractivity contribution is 7.12. The second kappa shape index (κ2) is 5.10. The number of nitrogens with one attached hydrogen (secondary N) is 1. The van der Waals surface area contributed by atoms with E-state index in [1.54, 1.807) is 4.88 Å². The zero-order chi connectivity index (χ0) is 10.7. The number of rotatable bonds is 4. The van der Waals surface area contributed by atoms with Gasteiger partial charge in [0.2, 0.25) is 0 Å². The zero-order valence-corrected chi connectivity index (χ0v) is 10.3. The van der Waals surface area contributed by atoms with Gasteiger partial charge in [-0.1, -0.05) is 13.8 Å². The number of hydrogen-bond acceptors (Lipinski definition) is 3. The van der Waals surface area contributed by atoms with Crippen LogP contribution in [0.1, 0.15) is 35.3 Å². The standard InChI is InChI=1S/C12H19NOS/c1-3-9-7-10-11(8-13-4-2)14-6-5-12(10)15-9/h7,11,13H,3-6,8H2,1-2H3. The van der Waals surface area contributed by atoms with E-state index in [2.05, 4.69) is 25.2 Å². The number of aryl methyl sites for hydroxylation is 1. The maximum Gasteiger partial charge on any atom is 0.0960 e. The average Bonchev–Trinajstić information content (AvgIpc) is 2.69. The Bertz CT molecular complexity index is 321. The Balaban J connectivity index is 2.14. The lowest BCUT2D eigenvalue weighted by molar-refractivity contribution is 0.0442. The normalized spacial score (nSPS) is 20.3. The van der Waals surface area contributed by atoms with Gasteiger partial charge in [0.1, 0.15) is 0 Å². The van der Waals surface area contributed by atoms with Crippen LogP contribution < -0.4 is 5.32 Å². The molecule has 15 heavy (non-hydrogen) atoms. The lowest BCUT2D eigenvalue weighted by atomic mass is 10.1. The summed E-state index contributed by atoms with van der Waals surface area (Å²) in [4.78, 5) is 3.04. The maximum atomic E-state index is 5.81. The molecule has 0 radical (unpaired) electrons. The molecule has 0 fully saturated rings. The van der Waals surface area contributed by atoms with Crippen LogP contribution in [0.3, 0.4) is 0 Å². The highest BCUT2D eigenvalue weighted by atomic mass is 32.1. The van der Waals surface area contributed by atoms with Crippen LogP contribution in [0, 0.1) is 0 Å². The van der Waals surface area contributed by atoms with Crippen molar-refractivity contribution in [1.29, 1.82) is 0 Å². The van der Waals surface area contributed by atoms with E-state index in [1.807, 2.05) is 11.3 Å². The van der Waals surface area contributed by atoms with Crippen molar-refractivity contribution in [2.75, 3.05) is 19.7 Å². The highest BCUT2D eigenvalue weighted by Gasteiger charge is 2.22. The van der Waals surface area contributed by atoms with E-state index in [0.29, 0.717) is 0 Å². The van der Waals surface area contributed by atoms with Gasteiger partial charge in [-0.05, 0) is 24.6 Å². The Kier molecular flexibility index (Phi) is 3.78. The van der Waals surface area contributed by atoms with Gasteiger partial charge in [0.05, 0.1) is 12.7 Å². The first-order chi connectivity index (χ1) is 7.35. The quantitative estimate of drug-likeness (QED) is 0.850. The fraction of sp³-hybridized carbons (Fsp3) is 0.667. The van der Waals surface area contributed by atoms with Gasteiger partial charge < -0.3 is 10.1 Å². The van der Waals surface area contributed by atoms with Gasteiger partial charge >= 0.3 is 0 Å². The van der Waals surface area contributed by atoms with E-state index in [4.69, 9.17) is 4.74 Å². The van der Waals surface area contributed by atoms with E-state index in [9.17, 15) is 0 Å². The van der Waals surface area contributed by atoms with E-state index in [1.165, 1.54) is 10.4 Å². The third kappa shape index (κ3) is 2.41. The summed E-state index contributed by atoms with van der Waals surface area (Å²) in [5.41, 5.74) is 1.43. The van der Waals surface area contributed by atoms with Gasteiger partial charge in [-0.3, -0.25) is 0 Å². The van der Waals surface area contributed by atoms with Crippen LogP contribution in [0.5, 0.6) is 0 Å². The topological polar surface area (TPSA) is 21.3 Å². The van der Waals surface area contributed by atoms with E-state index in [0.717, 1.165) is 32.5 Å². The lowest BCUT2D eigenvalue weighted by Crippen LogP contribution is -2.26. The van der Waals surface area contributed by atoms with Crippen molar-refractivity contribution < 1.29 is 4.74 Å². The molecule has 2 nitrogen and oxygen atoms in total. The minimum absolute atomic E-state index is 0.283. The van der Waals surface area contributed by atoms with Gasteiger partial charge in [-0.15, -0.1) is 11.3 Å². The molecule has 0 saturated carbocycles. The molecule has 1 atom stereocenters. The maximum absolute atomic E-state index is 5.81. The minimum Gasteiger partial charge on any atom is -0.372 e. The molecule has 0 bridgehead atoms. The molecule has 1 unspecified atom stereocenters. The third-order valence-electron chi connectivity index (χ3n) is 2.82. The summed E-state index contributed by atoms with van der Waals surface area (Å²) in [6.45, 7) is 7.20. The molecule has 1 aromatic heterocycles. The first-order valence-electron chi connectivity index (χ1n) is 5.79. The molecular formula is C12H19NOS. The fourth-order valence-electron chi connectivity index (χ4n) is 1.97. The third-order valence-corrected chi connectivity index (χ3v) is 4.17. The van der Waals surface area contributed by atoms with Gasteiger partial charge in [0, 0.05) is 22.7 Å². The second-order valence-electron chi connectivity index (χ2n) is 3.86. The fourth-order valence-corrected chi connectivity index (χ4v) is 3.11. The predicted molar refractivity (Wildman–Crippen MR) is 64.6 cm³/mol. The second-order valence-corrected chi connectivity index (χ2v) is 5.08. The number of likely N-dealkylation sites (N-methyl/N-ethyl adjacent to an activating group) is 1. The van der Waals surface area contributed by atoms with Gasteiger partial charge in [0.25, 0.3) is 0 Å². The van der Waals surface area contributed by atoms with Crippen molar-refractivity contribution >= 4 is 11.3 Å². The Morgan fingerprint density at radius 3 is 3.13 bits per heavy atom. The van der Waals surface area contributed by atoms with Crippen LogP contribution >= 0.6 is 11.3 Å². The number of ether oxygens (including phenoxy) is 1. The van der Waals surface area contributed by atoms with Gasteiger partial charge in [0.15, 0.2) is 0 Å². The van der Waals surface area contributed by atoms with Crippen LogP contribution in [0.15, 0.2) is 6.07 Å². The van der Waals surface area contributed by atoms with Crippen LogP contribution in [0.4, 0.5) is 0 Å². The summed E-state index contributed by atoms with van der Waals surface area (Å²) < 4.78 is 5.81. The number of thiophene rings is 1. The molecule has 0 saturated heterocycles. The molecule has 1 aliphatic heterocycles. The Morgan fingerprint density at radius 2 is 2.40 bits per heavy atom. The van der Waals surface area contributed by atoms with E-state index >= 15 is 0 Å².